The average molecular weight is 419 g/mol. The second-order valence-corrected chi connectivity index (χ2v) is 10.4. The summed E-state index contributed by atoms with van der Waals surface area (Å²) in [5.74, 6) is -0.664. The molecule has 5 rings (SSSR count). The summed E-state index contributed by atoms with van der Waals surface area (Å²) in [7, 11) is -3.20. The van der Waals surface area contributed by atoms with Crippen molar-refractivity contribution in [2.24, 2.45) is 5.92 Å². The number of hydrogen-bond donors (Lipinski definition) is 2. The van der Waals surface area contributed by atoms with E-state index in [4.69, 9.17) is 23.2 Å². The Balaban J connectivity index is 1.49. The zero-order chi connectivity index (χ0) is 18.6. The van der Waals surface area contributed by atoms with Crippen LogP contribution >= 0.6 is 23.2 Å². The molecule has 0 radical (unpaired) electrons. The lowest BCUT2D eigenvalue weighted by Crippen LogP contribution is -2.60. The number of phenols is 1. The SMILES string of the molecule is O=C(N[C@@H]1C[C@H]2CC[C@@H]1CN2S(=O)(=O)C1CC1)c1cc(Cl)cc(Cl)c1O. The Morgan fingerprint density at radius 3 is 2.54 bits per heavy atom. The van der Waals surface area contributed by atoms with Gasteiger partial charge in [0.25, 0.3) is 5.91 Å². The van der Waals surface area contributed by atoms with Gasteiger partial charge in [0, 0.05) is 23.7 Å². The van der Waals surface area contributed by atoms with Crippen LogP contribution in [-0.4, -0.2) is 47.6 Å². The maximum absolute atomic E-state index is 12.6. The molecular formula is C17H20Cl2N2O4S. The molecule has 2 bridgehead atoms. The number of halogens is 2. The van der Waals surface area contributed by atoms with Crippen molar-refractivity contribution in [3.63, 3.8) is 0 Å². The third-order valence-electron chi connectivity index (χ3n) is 5.65. The second kappa shape index (κ2) is 6.55. The molecule has 1 aromatic carbocycles. The number of aromatic hydroxyl groups is 1. The molecule has 1 amide bonds. The minimum Gasteiger partial charge on any atom is -0.506 e. The molecule has 9 heteroatoms. The average Bonchev–Trinajstić information content (AvgIpc) is 3.44. The summed E-state index contributed by atoms with van der Waals surface area (Å²) in [5.41, 5.74) is 0.0337. The molecule has 3 atom stereocenters. The van der Waals surface area contributed by atoms with Crippen LogP contribution in [0.4, 0.5) is 0 Å². The maximum atomic E-state index is 12.6. The topological polar surface area (TPSA) is 86.7 Å². The minimum absolute atomic E-state index is 0.0227. The first-order valence-electron chi connectivity index (χ1n) is 8.77. The molecule has 2 N–H and O–H groups in total. The van der Waals surface area contributed by atoms with Crippen molar-refractivity contribution in [2.45, 2.75) is 49.4 Å². The van der Waals surface area contributed by atoms with E-state index in [1.807, 2.05) is 0 Å². The number of carbonyl (C=O) groups excluding carboxylic acids is 1. The fourth-order valence-corrected chi connectivity index (χ4v) is 6.72. The first-order valence-corrected chi connectivity index (χ1v) is 11.0. The molecule has 2 aliphatic carbocycles. The van der Waals surface area contributed by atoms with Crippen LogP contribution in [0.1, 0.15) is 42.5 Å². The zero-order valence-electron chi connectivity index (χ0n) is 14.0. The van der Waals surface area contributed by atoms with E-state index in [9.17, 15) is 18.3 Å². The van der Waals surface area contributed by atoms with Crippen LogP contribution < -0.4 is 5.32 Å². The van der Waals surface area contributed by atoms with E-state index in [0.717, 1.165) is 25.7 Å². The van der Waals surface area contributed by atoms with E-state index in [1.165, 1.54) is 12.1 Å². The highest BCUT2D eigenvalue weighted by atomic mass is 35.5. The van der Waals surface area contributed by atoms with Crippen LogP contribution in [0.5, 0.6) is 5.75 Å². The smallest absolute Gasteiger partial charge is 0.255 e. The van der Waals surface area contributed by atoms with Crippen molar-refractivity contribution in [2.75, 3.05) is 6.54 Å². The number of hydrogen-bond acceptors (Lipinski definition) is 4. The molecule has 4 fully saturated rings. The Kier molecular flexibility index (Phi) is 4.62. The first-order chi connectivity index (χ1) is 12.3. The van der Waals surface area contributed by atoms with Crippen LogP contribution in [0.2, 0.25) is 10.0 Å². The van der Waals surface area contributed by atoms with E-state index in [1.54, 1.807) is 4.31 Å². The molecule has 1 aromatic rings. The Labute approximate surface area is 162 Å². The Bertz CT molecular complexity index is 857. The largest absolute Gasteiger partial charge is 0.506 e. The molecule has 6 nitrogen and oxygen atoms in total. The lowest BCUT2D eigenvalue weighted by atomic mass is 9.77. The summed E-state index contributed by atoms with van der Waals surface area (Å²) in [4.78, 5) is 12.6. The number of sulfonamides is 1. The van der Waals surface area contributed by atoms with E-state index < -0.39 is 15.9 Å². The second-order valence-electron chi connectivity index (χ2n) is 7.40. The van der Waals surface area contributed by atoms with Crippen molar-refractivity contribution in [3.8, 4) is 5.75 Å². The highest BCUT2D eigenvalue weighted by Crippen LogP contribution is 2.41. The number of benzene rings is 1. The summed E-state index contributed by atoms with van der Waals surface area (Å²) in [5, 5.41) is 13.1. The molecule has 0 spiro atoms. The quantitative estimate of drug-likeness (QED) is 0.786. The fourth-order valence-electron chi connectivity index (χ4n) is 4.10. The summed E-state index contributed by atoms with van der Waals surface area (Å²) in [6.07, 6.45) is 3.82. The maximum Gasteiger partial charge on any atom is 0.255 e. The van der Waals surface area contributed by atoms with E-state index in [-0.39, 0.29) is 44.6 Å². The number of carbonyl (C=O) groups is 1. The standard InChI is InChI=1S/C17H20Cl2N2O4S/c18-10-5-13(16(22)14(19)6-10)17(23)20-15-7-11-2-1-9(15)8-21(11)26(24,25)12-3-4-12/h5-6,9,11-12,15,22H,1-4,7-8H2,(H,20,23)/t9-,11-,15-/m1/s1. The third-order valence-corrected chi connectivity index (χ3v) is 8.57. The van der Waals surface area contributed by atoms with Crippen LogP contribution in [0.25, 0.3) is 0 Å². The number of piperidine rings is 2. The third kappa shape index (κ3) is 3.19. The normalized spacial score (nSPS) is 28.9. The fraction of sp³-hybridized carbons (Fsp3) is 0.588. The summed E-state index contributed by atoms with van der Waals surface area (Å²) in [6, 6.07) is 2.57. The van der Waals surface area contributed by atoms with Gasteiger partial charge in [0.15, 0.2) is 0 Å². The van der Waals surface area contributed by atoms with Crippen LogP contribution in [0.15, 0.2) is 12.1 Å². The number of fused-ring (bicyclic) bond motifs is 3. The molecule has 2 saturated carbocycles. The van der Waals surface area contributed by atoms with Gasteiger partial charge in [-0.05, 0) is 50.2 Å². The van der Waals surface area contributed by atoms with Crippen molar-refractivity contribution in [1.82, 2.24) is 9.62 Å². The summed E-state index contributed by atoms with van der Waals surface area (Å²) >= 11 is 11.8. The lowest BCUT2D eigenvalue weighted by Gasteiger charge is -2.48. The predicted molar refractivity (Wildman–Crippen MR) is 99.2 cm³/mol. The molecule has 0 aromatic heterocycles. The molecule has 26 heavy (non-hydrogen) atoms. The number of phenolic OH excluding ortho intramolecular Hbond substituents is 1. The number of nitrogens with zero attached hydrogens (tertiary/aromatic N) is 1. The van der Waals surface area contributed by atoms with Crippen LogP contribution in [0, 0.1) is 5.92 Å². The van der Waals surface area contributed by atoms with Crippen molar-refractivity contribution in [1.29, 1.82) is 0 Å². The zero-order valence-corrected chi connectivity index (χ0v) is 16.3. The Morgan fingerprint density at radius 2 is 1.92 bits per heavy atom. The highest BCUT2D eigenvalue weighted by molar-refractivity contribution is 7.90. The Hall–Kier alpha value is -1.02. The van der Waals surface area contributed by atoms with Gasteiger partial charge in [-0.3, -0.25) is 4.79 Å². The first kappa shape index (κ1) is 18.3. The molecule has 2 heterocycles. The van der Waals surface area contributed by atoms with Crippen molar-refractivity contribution < 1.29 is 18.3 Å². The van der Waals surface area contributed by atoms with E-state index in [0.29, 0.717) is 13.0 Å². The number of rotatable bonds is 4. The molecule has 2 aliphatic heterocycles. The summed E-state index contributed by atoms with van der Waals surface area (Å²) < 4.78 is 26.8. The number of nitrogens with one attached hydrogen (secondary N) is 1. The molecular weight excluding hydrogens is 399 g/mol. The van der Waals surface area contributed by atoms with Crippen LogP contribution in [0.3, 0.4) is 0 Å². The highest BCUT2D eigenvalue weighted by Gasteiger charge is 2.50. The van der Waals surface area contributed by atoms with Gasteiger partial charge in [-0.2, -0.15) is 4.31 Å². The molecule has 142 valence electrons. The van der Waals surface area contributed by atoms with Gasteiger partial charge in [0.05, 0.1) is 15.8 Å². The lowest BCUT2D eigenvalue weighted by molar-refractivity contribution is 0.0680. The van der Waals surface area contributed by atoms with Gasteiger partial charge in [-0.15, -0.1) is 0 Å². The van der Waals surface area contributed by atoms with Crippen molar-refractivity contribution >= 4 is 39.1 Å². The van der Waals surface area contributed by atoms with Crippen molar-refractivity contribution in [3.05, 3.63) is 27.7 Å². The summed E-state index contributed by atoms with van der Waals surface area (Å²) in [6.45, 7) is 0.455. The van der Waals surface area contributed by atoms with Gasteiger partial charge in [0.1, 0.15) is 5.75 Å². The van der Waals surface area contributed by atoms with E-state index in [2.05, 4.69) is 5.32 Å². The monoisotopic (exact) mass is 418 g/mol. The molecule has 0 unspecified atom stereocenters. The van der Waals surface area contributed by atoms with Gasteiger partial charge >= 0.3 is 0 Å². The Morgan fingerprint density at radius 1 is 1.19 bits per heavy atom. The molecule has 2 saturated heterocycles. The van der Waals surface area contributed by atoms with Crippen LogP contribution in [-0.2, 0) is 10.0 Å². The van der Waals surface area contributed by atoms with E-state index >= 15 is 0 Å². The molecule has 4 aliphatic rings. The van der Waals surface area contributed by atoms with Gasteiger partial charge in [0.2, 0.25) is 10.0 Å². The van der Waals surface area contributed by atoms with Gasteiger partial charge < -0.3 is 10.4 Å². The number of amides is 1. The van der Waals surface area contributed by atoms with Gasteiger partial charge in [-0.1, -0.05) is 23.2 Å². The van der Waals surface area contributed by atoms with Gasteiger partial charge in [-0.25, -0.2) is 8.42 Å². The minimum atomic E-state index is -3.20. The predicted octanol–water partition coefficient (Wildman–Crippen LogP) is 2.77.